The minimum absolute atomic E-state index is 0.0571. The molecule has 0 saturated carbocycles. The molecule has 1 aromatic carbocycles. The number of aromatic nitrogens is 1. The van der Waals surface area contributed by atoms with Crippen molar-refractivity contribution in [2.45, 2.75) is 58.4 Å². The number of benzene rings is 1. The molecule has 2 aliphatic rings. The SMILES string of the molecule is CC1(NC(=O)c2ccc3[nH]c4c(c3c2)C(C)(C)CC(C)(C)C4=O)CCNC1. The van der Waals surface area contributed by atoms with Crippen LogP contribution in [0.5, 0.6) is 0 Å². The number of ketones is 1. The van der Waals surface area contributed by atoms with Crippen molar-refractivity contribution >= 4 is 22.6 Å². The first kappa shape index (κ1) is 18.2. The fourth-order valence-electron chi connectivity index (χ4n) is 5.09. The molecule has 1 aliphatic carbocycles. The predicted octanol–water partition coefficient (Wildman–Crippen LogP) is 3.54. The Morgan fingerprint density at radius 2 is 1.85 bits per heavy atom. The first-order chi connectivity index (χ1) is 12.5. The van der Waals surface area contributed by atoms with Crippen molar-refractivity contribution in [2.24, 2.45) is 5.41 Å². The molecule has 0 bridgehead atoms. The zero-order valence-electron chi connectivity index (χ0n) is 16.9. The van der Waals surface area contributed by atoms with Gasteiger partial charge in [-0.1, -0.05) is 27.7 Å². The third kappa shape index (κ3) is 2.89. The summed E-state index contributed by atoms with van der Waals surface area (Å²) < 4.78 is 0. The van der Waals surface area contributed by atoms with Gasteiger partial charge >= 0.3 is 0 Å². The average Bonchev–Trinajstić information content (AvgIpc) is 3.15. The Kier molecular flexibility index (Phi) is 3.83. The smallest absolute Gasteiger partial charge is 0.251 e. The van der Waals surface area contributed by atoms with E-state index in [1.54, 1.807) is 0 Å². The van der Waals surface area contributed by atoms with E-state index in [0.29, 0.717) is 11.3 Å². The molecule has 5 heteroatoms. The molecule has 144 valence electrons. The monoisotopic (exact) mass is 367 g/mol. The van der Waals surface area contributed by atoms with Crippen molar-refractivity contribution in [3.05, 3.63) is 35.0 Å². The van der Waals surface area contributed by atoms with Crippen molar-refractivity contribution in [1.82, 2.24) is 15.6 Å². The number of rotatable bonds is 2. The normalized spacial score (nSPS) is 26.2. The first-order valence-corrected chi connectivity index (χ1v) is 9.77. The maximum atomic E-state index is 13.0. The van der Waals surface area contributed by atoms with E-state index in [2.05, 4.69) is 36.4 Å². The van der Waals surface area contributed by atoms with Gasteiger partial charge in [0.2, 0.25) is 0 Å². The van der Waals surface area contributed by atoms with Gasteiger partial charge in [0.25, 0.3) is 5.91 Å². The molecule has 5 nitrogen and oxygen atoms in total. The maximum Gasteiger partial charge on any atom is 0.251 e. The second-order valence-corrected chi connectivity index (χ2v) is 9.85. The molecular weight excluding hydrogens is 338 g/mol. The Bertz CT molecular complexity index is 946. The van der Waals surface area contributed by atoms with Crippen molar-refractivity contribution in [2.75, 3.05) is 13.1 Å². The van der Waals surface area contributed by atoms with E-state index in [-0.39, 0.29) is 28.1 Å². The number of H-pyrrole nitrogens is 1. The number of aromatic amines is 1. The second-order valence-electron chi connectivity index (χ2n) is 9.85. The molecule has 1 saturated heterocycles. The Hall–Kier alpha value is -2.14. The fraction of sp³-hybridized carbons (Fsp3) is 0.545. The number of fused-ring (bicyclic) bond motifs is 3. The quantitative estimate of drug-likeness (QED) is 0.760. The van der Waals surface area contributed by atoms with Gasteiger partial charge in [-0.25, -0.2) is 0 Å². The molecule has 1 unspecified atom stereocenters. The van der Waals surface area contributed by atoms with E-state index in [4.69, 9.17) is 0 Å². The van der Waals surface area contributed by atoms with E-state index < -0.39 is 0 Å². The van der Waals surface area contributed by atoms with Crippen LogP contribution in [0.3, 0.4) is 0 Å². The Morgan fingerprint density at radius 3 is 2.52 bits per heavy atom. The van der Waals surface area contributed by atoms with E-state index >= 15 is 0 Å². The van der Waals surface area contributed by atoms with Crippen molar-refractivity contribution < 1.29 is 9.59 Å². The molecular formula is C22H29N3O2. The van der Waals surface area contributed by atoms with E-state index in [9.17, 15) is 9.59 Å². The van der Waals surface area contributed by atoms with Crippen LogP contribution in [-0.2, 0) is 5.41 Å². The van der Waals surface area contributed by atoms with Crippen LogP contribution < -0.4 is 10.6 Å². The van der Waals surface area contributed by atoms with Gasteiger partial charge < -0.3 is 15.6 Å². The lowest BCUT2D eigenvalue weighted by atomic mass is 9.63. The van der Waals surface area contributed by atoms with Crippen LogP contribution >= 0.6 is 0 Å². The van der Waals surface area contributed by atoms with Gasteiger partial charge in [-0.2, -0.15) is 0 Å². The van der Waals surface area contributed by atoms with Crippen LogP contribution in [0.1, 0.15) is 73.9 Å². The average molecular weight is 367 g/mol. The predicted molar refractivity (Wildman–Crippen MR) is 107 cm³/mol. The van der Waals surface area contributed by atoms with Crippen molar-refractivity contribution in [3.8, 4) is 0 Å². The van der Waals surface area contributed by atoms with Gasteiger partial charge in [0.1, 0.15) is 0 Å². The Morgan fingerprint density at radius 1 is 1.11 bits per heavy atom. The molecule has 2 aromatic rings. The summed E-state index contributed by atoms with van der Waals surface area (Å²) >= 11 is 0. The zero-order chi connectivity index (χ0) is 19.6. The van der Waals surface area contributed by atoms with Gasteiger partial charge in [-0.15, -0.1) is 0 Å². The molecule has 4 rings (SSSR count). The summed E-state index contributed by atoms with van der Waals surface area (Å²) in [6, 6.07) is 5.71. The van der Waals surface area contributed by atoms with Gasteiger partial charge in [-0.05, 0) is 55.5 Å². The van der Waals surface area contributed by atoms with Gasteiger partial charge in [-0.3, -0.25) is 9.59 Å². The lowest BCUT2D eigenvalue weighted by Crippen LogP contribution is -2.47. The third-order valence-electron chi connectivity index (χ3n) is 6.25. The molecule has 27 heavy (non-hydrogen) atoms. The number of hydrogen-bond donors (Lipinski definition) is 3. The topological polar surface area (TPSA) is 74.0 Å². The number of hydrogen-bond acceptors (Lipinski definition) is 3. The molecule has 1 aliphatic heterocycles. The highest BCUT2D eigenvalue weighted by Crippen LogP contribution is 2.48. The van der Waals surface area contributed by atoms with E-state index in [1.807, 2.05) is 32.0 Å². The summed E-state index contributed by atoms with van der Waals surface area (Å²) in [6.07, 6.45) is 1.72. The minimum Gasteiger partial charge on any atom is -0.352 e. The highest BCUT2D eigenvalue weighted by molar-refractivity contribution is 6.08. The van der Waals surface area contributed by atoms with Crippen LogP contribution in [-0.4, -0.2) is 35.3 Å². The number of Topliss-reactive ketones (excluding diaryl/α,β-unsaturated/α-hetero) is 1. The van der Waals surface area contributed by atoms with Gasteiger partial charge in [0.15, 0.2) is 5.78 Å². The van der Waals surface area contributed by atoms with Crippen molar-refractivity contribution in [3.63, 3.8) is 0 Å². The summed E-state index contributed by atoms with van der Waals surface area (Å²) in [4.78, 5) is 29.2. The lowest BCUT2D eigenvalue weighted by Gasteiger charge is -2.39. The standard InChI is InChI=1S/C22H29N3O2/c1-20(2)11-21(3,4)18(26)17-16(20)14-10-13(6-7-15(14)24-17)19(27)25-22(5)8-9-23-12-22/h6-7,10,23-24H,8-9,11-12H2,1-5H3,(H,25,27). The summed E-state index contributed by atoms with van der Waals surface area (Å²) in [7, 11) is 0. The maximum absolute atomic E-state index is 13.0. The lowest BCUT2D eigenvalue weighted by molar-refractivity contribution is 0.0759. The summed E-state index contributed by atoms with van der Waals surface area (Å²) in [5.74, 6) is 0.0990. The zero-order valence-corrected chi connectivity index (χ0v) is 16.9. The molecule has 0 radical (unpaired) electrons. The largest absolute Gasteiger partial charge is 0.352 e. The van der Waals surface area contributed by atoms with Crippen LogP contribution in [0.4, 0.5) is 0 Å². The molecule has 1 amide bonds. The van der Waals surface area contributed by atoms with Gasteiger partial charge in [0, 0.05) is 28.4 Å². The second kappa shape index (κ2) is 5.68. The number of carbonyl (C=O) groups is 2. The van der Waals surface area contributed by atoms with E-state index in [1.165, 1.54) is 0 Å². The molecule has 1 aromatic heterocycles. The van der Waals surface area contributed by atoms with Crippen LogP contribution in [0.15, 0.2) is 18.2 Å². The highest BCUT2D eigenvalue weighted by Gasteiger charge is 2.45. The van der Waals surface area contributed by atoms with Crippen LogP contribution in [0.25, 0.3) is 10.9 Å². The molecule has 0 spiro atoms. The summed E-state index contributed by atoms with van der Waals surface area (Å²) in [6.45, 7) is 12.2. The van der Waals surface area contributed by atoms with Crippen LogP contribution in [0.2, 0.25) is 0 Å². The number of nitrogens with one attached hydrogen (secondary N) is 3. The molecule has 1 fully saturated rings. The summed E-state index contributed by atoms with van der Waals surface area (Å²) in [5.41, 5.74) is 2.59. The van der Waals surface area contributed by atoms with Crippen molar-refractivity contribution in [1.29, 1.82) is 0 Å². The molecule has 2 heterocycles. The Balaban J connectivity index is 1.78. The van der Waals surface area contributed by atoms with E-state index in [0.717, 1.165) is 42.4 Å². The minimum atomic E-state index is -0.387. The van der Waals surface area contributed by atoms with Crippen LogP contribution in [0, 0.1) is 5.41 Å². The Labute approximate surface area is 160 Å². The number of carbonyl (C=O) groups excluding carboxylic acids is 2. The molecule has 3 N–H and O–H groups in total. The molecule has 1 atom stereocenters. The summed E-state index contributed by atoms with van der Waals surface area (Å²) in [5, 5.41) is 7.46. The third-order valence-corrected chi connectivity index (χ3v) is 6.25. The fourth-order valence-corrected chi connectivity index (χ4v) is 5.09. The first-order valence-electron chi connectivity index (χ1n) is 9.77. The number of amides is 1. The highest BCUT2D eigenvalue weighted by atomic mass is 16.2. The van der Waals surface area contributed by atoms with Gasteiger partial charge in [0.05, 0.1) is 11.2 Å².